The Morgan fingerprint density at radius 2 is 1.64 bits per heavy atom. The highest BCUT2D eigenvalue weighted by atomic mass is 19.4. The molecule has 2 atom stereocenters. The summed E-state index contributed by atoms with van der Waals surface area (Å²) in [5.41, 5.74) is 4.29. The number of ketones is 1. The van der Waals surface area contributed by atoms with Crippen molar-refractivity contribution in [3.63, 3.8) is 0 Å². The van der Waals surface area contributed by atoms with Gasteiger partial charge in [-0.25, -0.2) is 0 Å². The van der Waals surface area contributed by atoms with Crippen molar-refractivity contribution in [2.24, 2.45) is 17.8 Å². The number of carbonyl (C=O) groups is 1. The molecule has 0 aliphatic carbocycles. The van der Waals surface area contributed by atoms with Crippen LogP contribution in [0.4, 0.5) is 18.9 Å². The molecule has 2 saturated heterocycles. The summed E-state index contributed by atoms with van der Waals surface area (Å²) in [4.78, 5) is 26.8. The number of alkyl halides is 3. The maximum Gasteiger partial charge on any atom is 0.379 e. The molecule has 1 aromatic carbocycles. The largest absolute Gasteiger partial charge is 0.379 e. The average molecular weight is 465 g/mol. The van der Waals surface area contributed by atoms with Crippen molar-refractivity contribution < 1.29 is 18.0 Å². The maximum atomic E-state index is 12.8. The molecule has 5 nitrogen and oxygen atoms in total. The van der Waals surface area contributed by atoms with Crippen LogP contribution >= 0.6 is 0 Å². The van der Waals surface area contributed by atoms with Crippen LogP contribution in [0, 0.1) is 24.7 Å². The van der Waals surface area contributed by atoms with Gasteiger partial charge in [0.1, 0.15) is 11.3 Å². The number of Topliss-reactive ketones (excluding diaryl/α,β-unsaturated/α-hetero) is 1. The Kier molecular flexibility index (Phi) is 9.06. The Balaban J connectivity index is 0.000000709. The van der Waals surface area contributed by atoms with E-state index in [9.17, 15) is 18.0 Å². The lowest BCUT2D eigenvalue weighted by atomic mass is 9.84. The van der Waals surface area contributed by atoms with Crippen LogP contribution in [-0.4, -0.2) is 60.6 Å². The second-order valence-electron chi connectivity index (χ2n) is 9.71. The minimum atomic E-state index is -3.67. The number of aryl methyl sites for hydroxylation is 1. The van der Waals surface area contributed by atoms with Crippen LogP contribution in [0.5, 0.6) is 0 Å². The molecular formula is C25H35F3N4O. The number of rotatable bonds is 5. The third-order valence-corrected chi connectivity index (χ3v) is 6.76. The zero-order valence-corrected chi connectivity index (χ0v) is 19.8. The van der Waals surface area contributed by atoms with Gasteiger partial charge in [-0.05, 0) is 75.7 Å². The molecule has 2 aliphatic heterocycles. The number of hydrogen-bond acceptors (Lipinski definition) is 5. The van der Waals surface area contributed by atoms with Crippen molar-refractivity contribution in [3.8, 4) is 0 Å². The Morgan fingerprint density at radius 1 is 1.03 bits per heavy atom. The van der Waals surface area contributed by atoms with E-state index in [0.29, 0.717) is 23.5 Å². The first-order chi connectivity index (χ1) is 15.7. The van der Waals surface area contributed by atoms with E-state index in [4.69, 9.17) is 0 Å². The SMILES string of the molecule is Cc1ccc(N2C[C@@H](C)C[C@@H](CC(=O)CC3CCN(C)CC3)C2)c2nccnc12.FC(F)F. The van der Waals surface area contributed by atoms with Gasteiger partial charge in [0, 0.05) is 38.3 Å². The van der Waals surface area contributed by atoms with Crippen LogP contribution in [0.15, 0.2) is 24.5 Å². The van der Waals surface area contributed by atoms with E-state index in [1.807, 2.05) is 0 Å². The smallest absolute Gasteiger partial charge is 0.369 e. The second-order valence-corrected chi connectivity index (χ2v) is 9.71. The van der Waals surface area contributed by atoms with Crippen molar-refractivity contribution in [2.45, 2.75) is 52.6 Å². The summed E-state index contributed by atoms with van der Waals surface area (Å²) in [5, 5.41) is 0. The van der Waals surface area contributed by atoms with Gasteiger partial charge in [-0.2, -0.15) is 13.2 Å². The lowest BCUT2D eigenvalue weighted by Gasteiger charge is -2.38. The van der Waals surface area contributed by atoms with Crippen LogP contribution in [0.2, 0.25) is 0 Å². The van der Waals surface area contributed by atoms with Crippen LogP contribution in [0.3, 0.4) is 0 Å². The van der Waals surface area contributed by atoms with Crippen LogP contribution < -0.4 is 4.90 Å². The quantitative estimate of drug-likeness (QED) is 0.603. The minimum absolute atomic E-state index is 0.436. The standard InChI is InChI=1S/C24H34N4O.CHF3/c1-17-12-20(14-21(29)13-19-6-10-27(3)11-7-19)16-28(15-17)22-5-4-18(2)23-24(22)26-9-8-25-23;2-1(3)4/h4-5,8-9,17,19-20H,6-7,10-16H2,1-3H3;1H/t17-,20-;/m0./s1. The first-order valence-corrected chi connectivity index (χ1v) is 11.8. The average Bonchev–Trinajstić information content (AvgIpc) is 2.75. The van der Waals surface area contributed by atoms with Crippen molar-refractivity contribution in [3.05, 3.63) is 30.1 Å². The number of fused-ring (bicyclic) bond motifs is 1. The van der Waals surface area contributed by atoms with Gasteiger partial charge in [0.25, 0.3) is 0 Å². The second kappa shape index (κ2) is 11.8. The molecule has 2 aromatic rings. The van der Waals surface area contributed by atoms with Crippen LogP contribution in [0.1, 0.15) is 44.6 Å². The highest BCUT2D eigenvalue weighted by Gasteiger charge is 2.29. The highest BCUT2D eigenvalue weighted by molar-refractivity contribution is 5.90. The van der Waals surface area contributed by atoms with E-state index in [0.717, 1.165) is 67.7 Å². The molecule has 3 heterocycles. The fraction of sp³-hybridized carbons (Fsp3) is 0.640. The monoisotopic (exact) mass is 464 g/mol. The minimum Gasteiger partial charge on any atom is -0.369 e. The summed E-state index contributed by atoms with van der Waals surface area (Å²) >= 11 is 0. The van der Waals surface area contributed by atoms with Gasteiger partial charge in [0.2, 0.25) is 0 Å². The third kappa shape index (κ3) is 7.39. The summed E-state index contributed by atoms with van der Waals surface area (Å²) in [6.45, 7) is 4.96. The van der Waals surface area contributed by atoms with Crippen molar-refractivity contribution in [1.82, 2.24) is 14.9 Å². The number of nitrogens with zero attached hydrogens (tertiary/aromatic N) is 4. The fourth-order valence-electron chi connectivity index (χ4n) is 5.25. The first-order valence-electron chi connectivity index (χ1n) is 11.8. The van der Waals surface area contributed by atoms with Crippen LogP contribution in [0.25, 0.3) is 11.0 Å². The van der Waals surface area contributed by atoms with Gasteiger partial charge in [-0.15, -0.1) is 0 Å². The number of likely N-dealkylation sites (tertiary alicyclic amines) is 1. The predicted octanol–water partition coefficient (Wildman–Crippen LogP) is 5.27. The molecular weight excluding hydrogens is 429 g/mol. The molecule has 0 unspecified atom stereocenters. The molecule has 182 valence electrons. The summed E-state index contributed by atoms with van der Waals surface area (Å²) in [7, 11) is 2.18. The summed E-state index contributed by atoms with van der Waals surface area (Å²) in [6.07, 6.45) is 8.53. The van der Waals surface area contributed by atoms with E-state index >= 15 is 0 Å². The van der Waals surface area contributed by atoms with Crippen LogP contribution in [-0.2, 0) is 4.79 Å². The lowest BCUT2D eigenvalue weighted by molar-refractivity contribution is -0.121. The maximum absolute atomic E-state index is 12.8. The van der Waals surface area contributed by atoms with Gasteiger partial charge in [0.05, 0.1) is 11.2 Å². The molecule has 0 N–H and O–H groups in total. The molecule has 2 fully saturated rings. The molecule has 0 radical (unpaired) electrons. The molecule has 4 rings (SSSR count). The topological polar surface area (TPSA) is 49.3 Å². The molecule has 1 aromatic heterocycles. The summed E-state index contributed by atoms with van der Waals surface area (Å²) < 4.78 is 29.0. The molecule has 8 heteroatoms. The van der Waals surface area contributed by atoms with E-state index in [2.05, 4.69) is 52.8 Å². The normalized spacial score (nSPS) is 22.3. The number of carbonyl (C=O) groups excluding carboxylic acids is 1. The number of hydrogen-bond donors (Lipinski definition) is 0. The van der Waals surface area contributed by atoms with E-state index < -0.39 is 6.68 Å². The Hall–Kier alpha value is -2.22. The number of benzene rings is 1. The van der Waals surface area contributed by atoms with Gasteiger partial charge < -0.3 is 9.80 Å². The number of aromatic nitrogens is 2. The van der Waals surface area contributed by atoms with E-state index in [-0.39, 0.29) is 0 Å². The molecule has 33 heavy (non-hydrogen) atoms. The molecule has 2 aliphatic rings. The van der Waals surface area contributed by atoms with Gasteiger partial charge in [-0.3, -0.25) is 14.8 Å². The zero-order chi connectivity index (χ0) is 24.0. The summed E-state index contributed by atoms with van der Waals surface area (Å²) in [6, 6.07) is 4.33. The molecule has 0 bridgehead atoms. The molecule has 0 spiro atoms. The van der Waals surface area contributed by atoms with E-state index in [1.54, 1.807) is 12.4 Å². The number of anilines is 1. The van der Waals surface area contributed by atoms with Gasteiger partial charge in [-0.1, -0.05) is 13.0 Å². The van der Waals surface area contributed by atoms with Crippen molar-refractivity contribution in [2.75, 3.05) is 38.1 Å². The highest BCUT2D eigenvalue weighted by Crippen LogP contribution is 2.33. The lowest BCUT2D eigenvalue weighted by Crippen LogP contribution is -2.40. The molecule has 0 amide bonds. The Labute approximate surface area is 194 Å². The Bertz CT molecular complexity index is 915. The van der Waals surface area contributed by atoms with Crippen molar-refractivity contribution in [1.29, 1.82) is 0 Å². The van der Waals surface area contributed by atoms with Gasteiger partial charge in [0.15, 0.2) is 0 Å². The number of halogens is 3. The fourth-order valence-corrected chi connectivity index (χ4v) is 5.25. The first kappa shape index (κ1) is 25.4. The summed E-state index contributed by atoms with van der Waals surface area (Å²) in [5.74, 6) is 2.07. The predicted molar refractivity (Wildman–Crippen MR) is 125 cm³/mol. The van der Waals surface area contributed by atoms with Gasteiger partial charge >= 0.3 is 6.68 Å². The van der Waals surface area contributed by atoms with Crippen molar-refractivity contribution >= 4 is 22.5 Å². The Morgan fingerprint density at radius 3 is 2.30 bits per heavy atom. The zero-order valence-electron chi connectivity index (χ0n) is 19.8. The third-order valence-electron chi connectivity index (χ3n) is 6.76. The van der Waals surface area contributed by atoms with E-state index in [1.165, 1.54) is 12.8 Å². The number of piperidine rings is 2. The molecule has 0 saturated carbocycles.